The molecule has 76 valence electrons. The van der Waals surface area contributed by atoms with E-state index in [0.29, 0.717) is 6.42 Å². The normalized spacial score (nSPS) is 25.5. The molecule has 0 aromatic heterocycles. The van der Waals surface area contributed by atoms with Crippen molar-refractivity contribution in [2.24, 2.45) is 0 Å². The lowest BCUT2D eigenvalue weighted by atomic mass is 10.3. The van der Waals surface area contributed by atoms with Gasteiger partial charge in [-0.05, 0) is 6.42 Å². The molecule has 0 spiro atoms. The SMILES string of the molecule is CONC(=O)NC1CCS(=O)(=O)C1. The van der Waals surface area contributed by atoms with Crippen LogP contribution in [0, 0.1) is 0 Å². The van der Waals surface area contributed by atoms with Gasteiger partial charge in [-0.2, -0.15) is 0 Å². The maximum absolute atomic E-state index is 11.0. The van der Waals surface area contributed by atoms with E-state index in [2.05, 4.69) is 15.6 Å². The zero-order valence-electron chi connectivity index (χ0n) is 7.24. The summed E-state index contributed by atoms with van der Waals surface area (Å²) in [6.45, 7) is 0. The van der Waals surface area contributed by atoms with Crippen LogP contribution in [0.2, 0.25) is 0 Å². The van der Waals surface area contributed by atoms with Gasteiger partial charge in [0.25, 0.3) is 0 Å². The third-order valence-electron chi connectivity index (χ3n) is 1.76. The van der Waals surface area contributed by atoms with E-state index in [0.717, 1.165) is 0 Å². The van der Waals surface area contributed by atoms with Gasteiger partial charge in [-0.15, -0.1) is 0 Å². The number of amides is 2. The predicted molar refractivity (Wildman–Crippen MR) is 45.7 cm³/mol. The summed E-state index contributed by atoms with van der Waals surface area (Å²) in [5.74, 6) is 0.162. The third-order valence-corrected chi connectivity index (χ3v) is 3.53. The van der Waals surface area contributed by atoms with Crippen molar-refractivity contribution in [1.82, 2.24) is 10.8 Å². The molecule has 0 aromatic rings. The number of hydrogen-bond donors (Lipinski definition) is 2. The van der Waals surface area contributed by atoms with Crippen molar-refractivity contribution < 1.29 is 18.0 Å². The number of carbonyl (C=O) groups excluding carboxylic acids is 1. The van der Waals surface area contributed by atoms with E-state index in [1.807, 2.05) is 0 Å². The van der Waals surface area contributed by atoms with E-state index in [-0.39, 0.29) is 17.5 Å². The van der Waals surface area contributed by atoms with Crippen molar-refractivity contribution in [2.75, 3.05) is 18.6 Å². The second kappa shape index (κ2) is 3.93. The average Bonchev–Trinajstić information content (AvgIpc) is 2.30. The van der Waals surface area contributed by atoms with E-state index in [4.69, 9.17) is 0 Å². The Morgan fingerprint density at radius 1 is 1.54 bits per heavy atom. The highest BCUT2D eigenvalue weighted by Crippen LogP contribution is 2.10. The largest absolute Gasteiger partial charge is 0.338 e. The van der Waals surface area contributed by atoms with Gasteiger partial charge in [0.05, 0.1) is 18.6 Å². The Bertz CT molecular complexity index is 287. The van der Waals surface area contributed by atoms with Crippen molar-refractivity contribution in [3.05, 3.63) is 0 Å². The summed E-state index contributed by atoms with van der Waals surface area (Å²) in [6, 6.07) is -0.801. The minimum atomic E-state index is -2.94. The molecule has 1 aliphatic rings. The fourth-order valence-electron chi connectivity index (χ4n) is 1.22. The van der Waals surface area contributed by atoms with Gasteiger partial charge in [0, 0.05) is 6.04 Å². The van der Waals surface area contributed by atoms with Gasteiger partial charge < -0.3 is 5.32 Å². The summed E-state index contributed by atoms with van der Waals surface area (Å²) in [5.41, 5.74) is 2.05. The second-order valence-electron chi connectivity index (χ2n) is 2.88. The highest BCUT2D eigenvalue weighted by atomic mass is 32.2. The molecule has 0 aliphatic carbocycles. The molecule has 0 aromatic carbocycles. The van der Waals surface area contributed by atoms with Crippen LogP contribution in [0.1, 0.15) is 6.42 Å². The average molecular weight is 208 g/mol. The first kappa shape index (κ1) is 10.3. The summed E-state index contributed by atoms with van der Waals surface area (Å²) in [7, 11) is -1.63. The molecule has 2 N–H and O–H groups in total. The minimum absolute atomic E-state index is 0.0180. The number of carbonyl (C=O) groups is 1. The number of nitrogens with one attached hydrogen (secondary N) is 2. The first-order valence-corrected chi connectivity index (χ1v) is 5.65. The molecule has 0 radical (unpaired) electrons. The second-order valence-corrected chi connectivity index (χ2v) is 5.11. The van der Waals surface area contributed by atoms with Crippen LogP contribution in [0.3, 0.4) is 0 Å². The summed E-state index contributed by atoms with van der Waals surface area (Å²) < 4.78 is 22.0. The topological polar surface area (TPSA) is 84.5 Å². The van der Waals surface area contributed by atoms with Crippen LogP contribution in [0.15, 0.2) is 0 Å². The molecule has 1 rings (SSSR count). The lowest BCUT2D eigenvalue weighted by Crippen LogP contribution is -2.42. The van der Waals surface area contributed by atoms with Crippen molar-refractivity contribution in [3.8, 4) is 0 Å². The predicted octanol–water partition coefficient (Wildman–Crippen LogP) is -0.966. The lowest BCUT2D eigenvalue weighted by molar-refractivity contribution is 0.106. The highest BCUT2D eigenvalue weighted by Gasteiger charge is 2.28. The molecule has 0 saturated carbocycles. The van der Waals surface area contributed by atoms with E-state index < -0.39 is 15.9 Å². The van der Waals surface area contributed by atoms with E-state index in [9.17, 15) is 13.2 Å². The lowest BCUT2D eigenvalue weighted by Gasteiger charge is -2.09. The third kappa shape index (κ3) is 3.19. The summed E-state index contributed by atoms with van der Waals surface area (Å²) in [5, 5.41) is 2.48. The Hall–Kier alpha value is -0.820. The van der Waals surface area contributed by atoms with Crippen molar-refractivity contribution in [3.63, 3.8) is 0 Å². The molecule has 1 unspecified atom stereocenters. The van der Waals surface area contributed by atoms with Crippen LogP contribution in [-0.4, -0.2) is 39.1 Å². The number of hydroxylamine groups is 1. The van der Waals surface area contributed by atoms with Crippen molar-refractivity contribution in [2.45, 2.75) is 12.5 Å². The Labute approximate surface area is 76.5 Å². The van der Waals surface area contributed by atoms with Crippen LogP contribution < -0.4 is 10.8 Å². The standard InChI is InChI=1S/C6H12N2O4S/c1-12-8-6(9)7-5-2-3-13(10,11)4-5/h5H,2-4H2,1H3,(H2,7,8,9). The molecular formula is C6H12N2O4S. The molecular weight excluding hydrogens is 196 g/mol. The van der Waals surface area contributed by atoms with Gasteiger partial charge in [-0.3, -0.25) is 4.84 Å². The first-order chi connectivity index (χ1) is 6.03. The Morgan fingerprint density at radius 3 is 2.69 bits per heavy atom. The molecule has 1 saturated heterocycles. The van der Waals surface area contributed by atoms with E-state index >= 15 is 0 Å². The highest BCUT2D eigenvalue weighted by molar-refractivity contribution is 7.91. The molecule has 1 fully saturated rings. The maximum Gasteiger partial charge on any atom is 0.338 e. The number of rotatable bonds is 2. The summed E-state index contributed by atoms with van der Waals surface area (Å²) >= 11 is 0. The van der Waals surface area contributed by atoms with Crippen molar-refractivity contribution in [1.29, 1.82) is 0 Å². The van der Waals surface area contributed by atoms with Crippen LogP contribution in [0.25, 0.3) is 0 Å². The van der Waals surface area contributed by atoms with E-state index in [1.165, 1.54) is 7.11 Å². The molecule has 1 atom stereocenters. The monoisotopic (exact) mass is 208 g/mol. The Morgan fingerprint density at radius 2 is 2.23 bits per heavy atom. The fourth-order valence-corrected chi connectivity index (χ4v) is 2.89. The first-order valence-electron chi connectivity index (χ1n) is 3.83. The summed E-state index contributed by atoms with van der Waals surface area (Å²) in [6.07, 6.45) is 0.472. The molecule has 0 bridgehead atoms. The summed E-state index contributed by atoms with van der Waals surface area (Å²) in [4.78, 5) is 15.2. The zero-order chi connectivity index (χ0) is 9.90. The Kier molecular flexibility index (Phi) is 3.10. The van der Waals surface area contributed by atoms with Gasteiger partial charge in [0.15, 0.2) is 9.84 Å². The van der Waals surface area contributed by atoms with E-state index in [1.54, 1.807) is 0 Å². The molecule has 6 nitrogen and oxygen atoms in total. The zero-order valence-corrected chi connectivity index (χ0v) is 8.06. The quantitative estimate of drug-likeness (QED) is 0.572. The number of sulfone groups is 1. The maximum atomic E-state index is 11.0. The smallest absolute Gasteiger partial charge is 0.333 e. The van der Waals surface area contributed by atoms with Crippen molar-refractivity contribution >= 4 is 15.9 Å². The molecule has 1 aliphatic heterocycles. The minimum Gasteiger partial charge on any atom is -0.333 e. The molecule has 13 heavy (non-hydrogen) atoms. The number of urea groups is 1. The van der Waals surface area contributed by atoms with Crippen LogP contribution in [-0.2, 0) is 14.7 Å². The van der Waals surface area contributed by atoms with Gasteiger partial charge in [-0.25, -0.2) is 18.7 Å². The molecule has 1 heterocycles. The number of hydrogen-bond acceptors (Lipinski definition) is 4. The molecule has 2 amide bonds. The van der Waals surface area contributed by atoms with Gasteiger partial charge in [0.1, 0.15) is 0 Å². The van der Waals surface area contributed by atoms with Crippen LogP contribution >= 0.6 is 0 Å². The van der Waals surface area contributed by atoms with Gasteiger partial charge in [-0.1, -0.05) is 0 Å². The van der Waals surface area contributed by atoms with Gasteiger partial charge >= 0.3 is 6.03 Å². The molecule has 7 heteroatoms. The van der Waals surface area contributed by atoms with Crippen LogP contribution in [0.4, 0.5) is 4.79 Å². The Balaban J connectivity index is 2.36. The van der Waals surface area contributed by atoms with Crippen LogP contribution in [0.5, 0.6) is 0 Å². The fraction of sp³-hybridized carbons (Fsp3) is 0.833. The van der Waals surface area contributed by atoms with Gasteiger partial charge in [0.2, 0.25) is 0 Å².